The fraction of sp³-hybridized carbons (Fsp3) is 0.922. The molecule has 2 bridgehead atoms. The van der Waals surface area contributed by atoms with Gasteiger partial charge in [0.1, 0.15) is 61.0 Å². The maximum Gasteiger partial charge on any atom is 0.315 e. The third-order valence-corrected chi connectivity index (χ3v) is 14.5. The predicted molar refractivity (Wildman–Crippen MR) is 303 cm³/mol. The van der Waals surface area contributed by atoms with Crippen molar-refractivity contribution in [1.82, 2.24) is 74.4 Å². The van der Waals surface area contributed by atoms with Crippen LogP contribution in [0.15, 0.2) is 0 Å². The molecule has 3 saturated heterocycles. The zero-order valence-corrected chi connectivity index (χ0v) is 47.8. The lowest BCUT2D eigenvalue weighted by Crippen LogP contribution is -2.71. The molecule has 8 amide bonds. The van der Waals surface area contributed by atoms with Crippen molar-refractivity contribution in [1.29, 1.82) is 0 Å². The Morgan fingerprint density at radius 1 is 0.549 bits per heavy atom. The van der Waals surface area contributed by atoms with Gasteiger partial charge in [-0.1, -0.05) is 0 Å². The van der Waals surface area contributed by atoms with Crippen LogP contribution in [0.5, 0.6) is 0 Å². The Balaban J connectivity index is 1.54. The van der Waals surface area contributed by atoms with Gasteiger partial charge in [0.05, 0.1) is 24.7 Å². The molecule has 0 aromatic carbocycles. The summed E-state index contributed by atoms with van der Waals surface area (Å²) in [5.41, 5.74) is 11.1. The number of carbonyl (C=O) groups excluding carboxylic acids is 4. The summed E-state index contributed by atoms with van der Waals surface area (Å²) >= 11 is 0. The number of amides is 8. The number of aliphatic hydroxyl groups is 7. The van der Waals surface area contributed by atoms with Crippen LogP contribution >= 0.6 is 0 Å². The van der Waals surface area contributed by atoms with Crippen LogP contribution in [0.25, 0.3) is 0 Å². The van der Waals surface area contributed by atoms with Crippen molar-refractivity contribution in [3.05, 3.63) is 0 Å². The highest BCUT2D eigenvalue weighted by Gasteiger charge is 2.54. The van der Waals surface area contributed by atoms with E-state index in [2.05, 4.69) is 74.4 Å². The number of hydrogen-bond donors (Lipinski definition) is 23. The molecule has 4 rings (SSSR count). The summed E-state index contributed by atoms with van der Waals surface area (Å²) in [6.45, 7) is 10.1. The average molecular weight is 1180 g/mol. The molecule has 1 saturated carbocycles. The fourth-order valence-corrected chi connectivity index (χ4v) is 9.85. The van der Waals surface area contributed by atoms with Gasteiger partial charge in [-0.25, -0.2) is 19.2 Å². The first-order valence-electron chi connectivity index (χ1n) is 29.9. The zero-order valence-electron chi connectivity index (χ0n) is 47.8. The molecule has 82 heavy (non-hydrogen) atoms. The molecule has 0 aromatic heterocycles. The van der Waals surface area contributed by atoms with E-state index in [1.807, 2.05) is 0 Å². The van der Waals surface area contributed by atoms with E-state index >= 15 is 0 Å². The molecule has 3 aliphatic heterocycles. The molecule has 0 spiro atoms. The second-order valence-corrected chi connectivity index (χ2v) is 21.2. The minimum absolute atomic E-state index is 0.227. The second kappa shape index (κ2) is 42.2. The summed E-state index contributed by atoms with van der Waals surface area (Å²) in [5.74, 6) is 0. The van der Waals surface area contributed by atoms with Crippen molar-refractivity contribution in [2.45, 2.75) is 169 Å². The van der Waals surface area contributed by atoms with Crippen molar-refractivity contribution in [2.75, 3.05) is 131 Å². The van der Waals surface area contributed by atoms with Crippen LogP contribution in [0, 0.1) is 0 Å². The van der Waals surface area contributed by atoms with E-state index in [0.29, 0.717) is 71.5 Å². The Morgan fingerprint density at radius 3 is 1.68 bits per heavy atom. The largest absolute Gasteiger partial charge is 0.394 e. The molecular formula is C51H104N16O15. The minimum atomic E-state index is -1.95. The van der Waals surface area contributed by atoms with Gasteiger partial charge in [0.2, 0.25) is 0 Å². The van der Waals surface area contributed by atoms with Gasteiger partial charge in [0.25, 0.3) is 0 Å². The zero-order chi connectivity index (χ0) is 59.3. The maximum atomic E-state index is 13.8. The lowest BCUT2D eigenvalue weighted by Gasteiger charge is -2.49. The molecule has 4 aliphatic rings. The number of nitrogens with one attached hydrogen (secondary N) is 14. The Kier molecular flexibility index (Phi) is 36.4. The van der Waals surface area contributed by atoms with Crippen molar-refractivity contribution in [2.24, 2.45) is 11.5 Å². The van der Waals surface area contributed by atoms with Gasteiger partial charge in [-0.15, -0.1) is 0 Å². The predicted octanol–water partition coefficient (Wildman–Crippen LogP) is -7.17. The topological polar surface area (TPSA) is 467 Å². The molecule has 478 valence electrons. The Bertz CT molecular complexity index is 1730. The van der Waals surface area contributed by atoms with Crippen molar-refractivity contribution in [3.8, 4) is 0 Å². The quantitative estimate of drug-likeness (QED) is 0.0324. The van der Waals surface area contributed by atoms with Gasteiger partial charge in [-0.3, -0.25) is 0 Å². The number of aliphatic hydroxyl groups excluding tert-OH is 7. The Hall–Kier alpha value is -3.68. The van der Waals surface area contributed by atoms with Crippen molar-refractivity contribution < 1.29 is 73.9 Å². The van der Waals surface area contributed by atoms with Crippen LogP contribution in [0.1, 0.15) is 77.0 Å². The number of rotatable bonds is 28. The van der Waals surface area contributed by atoms with E-state index in [9.17, 15) is 54.9 Å². The van der Waals surface area contributed by atoms with Crippen LogP contribution in [-0.2, 0) is 18.9 Å². The molecule has 25 N–H and O–H groups in total. The Labute approximate surface area is 482 Å². The van der Waals surface area contributed by atoms with Crippen LogP contribution < -0.4 is 85.9 Å². The van der Waals surface area contributed by atoms with Crippen molar-refractivity contribution in [3.63, 3.8) is 0 Å². The molecule has 0 aromatic rings. The first kappa shape index (κ1) is 70.8. The molecule has 31 heteroatoms. The van der Waals surface area contributed by atoms with Gasteiger partial charge in [-0.05, 0) is 156 Å². The van der Waals surface area contributed by atoms with E-state index in [1.165, 1.54) is 0 Å². The van der Waals surface area contributed by atoms with E-state index in [4.69, 9.17) is 30.4 Å². The molecule has 0 radical (unpaired) electrons. The van der Waals surface area contributed by atoms with Crippen LogP contribution in [0.4, 0.5) is 19.2 Å². The monoisotopic (exact) mass is 1180 g/mol. The molecule has 1 aliphatic carbocycles. The van der Waals surface area contributed by atoms with Crippen LogP contribution in [0.2, 0.25) is 0 Å². The van der Waals surface area contributed by atoms with Crippen molar-refractivity contribution >= 4 is 24.1 Å². The smallest absolute Gasteiger partial charge is 0.315 e. The number of nitrogens with two attached hydrogens (primary N) is 2. The SMILES string of the molecule is NCCCNCCCCNCCCNC(=O)NC1CC2NC(=O)NCCCNCCCCNCCCNC(=O)NCC3OC(OC2C(O)C1OC1OC(CO)C(O)C(NC(=O)NCCCNCCCCNCCN)C1O)C(O)C(O)C3O. The molecule has 15 unspecified atom stereocenters. The summed E-state index contributed by atoms with van der Waals surface area (Å²) in [6, 6.07) is -6.70. The Morgan fingerprint density at radius 2 is 1.10 bits per heavy atom. The number of carbonyl (C=O) groups is 4. The summed E-state index contributed by atoms with van der Waals surface area (Å²) < 4.78 is 24.5. The van der Waals surface area contributed by atoms with Gasteiger partial charge >= 0.3 is 24.1 Å². The third-order valence-electron chi connectivity index (χ3n) is 14.5. The number of unbranched alkanes of at least 4 members (excludes halogenated alkanes) is 2. The minimum Gasteiger partial charge on any atom is -0.394 e. The maximum absolute atomic E-state index is 13.8. The lowest BCUT2D eigenvalue weighted by atomic mass is 9.83. The average Bonchev–Trinajstić information content (AvgIpc) is 3.52. The van der Waals surface area contributed by atoms with Gasteiger partial charge in [0.15, 0.2) is 12.6 Å². The van der Waals surface area contributed by atoms with E-state index in [1.54, 1.807) is 0 Å². The summed E-state index contributed by atoms with van der Waals surface area (Å²) in [5, 5.41) is 121. The molecule has 4 fully saturated rings. The summed E-state index contributed by atoms with van der Waals surface area (Å²) in [4.78, 5) is 53.5. The number of fused-ring (bicyclic) bond motifs is 3. The van der Waals surface area contributed by atoms with Gasteiger partial charge in [0, 0.05) is 45.8 Å². The van der Waals surface area contributed by atoms with Crippen LogP contribution in [0.3, 0.4) is 0 Å². The second-order valence-electron chi connectivity index (χ2n) is 21.2. The molecule has 3 heterocycles. The van der Waals surface area contributed by atoms with Gasteiger partial charge in [-0.2, -0.15) is 0 Å². The number of urea groups is 4. The highest BCUT2D eigenvalue weighted by atomic mass is 16.7. The third kappa shape index (κ3) is 26.7. The molecule has 31 nitrogen and oxygen atoms in total. The van der Waals surface area contributed by atoms with E-state index < -0.39 is 122 Å². The first-order chi connectivity index (χ1) is 39.8. The summed E-state index contributed by atoms with van der Waals surface area (Å²) in [7, 11) is 0. The summed E-state index contributed by atoms with van der Waals surface area (Å²) in [6.07, 6.45) is -12.1. The standard InChI is InChI=1S/C51H104N16O15/c52-12-7-20-54-14-1-2-15-56-22-9-26-61-49(76)65-33-30-34-45(43(74)44(33)81-46-40(71)37(38(69)36(32-68)80-46)67-51(78)63-28-11-24-58-18-5-6-19-59-29-13-53)82-47-42(73)41(72)39(70)35(79-47)31-64-48(75)60-25-8-21-55-16-3-4-17-57-23-10-27-62-50(77)66-34/h33-47,54-59,68-74H,1-32,52-53H2,(H2,60,64,75)(H2,61,65,76)(H2,62,66,77)(H2,63,67,78). The fourth-order valence-electron chi connectivity index (χ4n) is 9.85. The highest BCUT2D eigenvalue weighted by molar-refractivity contribution is 5.75. The lowest BCUT2D eigenvalue weighted by molar-refractivity contribution is -0.334. The molecule has 15 atom stereocenters. The van der Waals surface area contributed by atoms with Gasteiger partial charge < -0.3 is 141 Å². The first-order valence-corrected chi connectivity index (χ1v) is 29.9. The van der Waals surface area contributed by atoms with E-state index in [0.717, 1.165) is 97.3 Å². The number of hydrogen-bond acceptors (Lipinski definition) is 23. The normalized spacial score (nSPS) is 31.3. The highest BCUT2D eigenvalue weighted by Crippen LogP contribution is 2.33. The number of ether oxygens (including phenoxy) is 4. The molecular weight excluding hydrogens is 1080 g/mol. The van der Waals surface area contributed by atoms with E-state index in [-0.39, 0.29) is 32.6 Å². The van der Waals surface area contributed by atoms with Crippen LogP contribution in [-0.4, -0.2) is 283 Å².